The Labute approximate surface area is 184 Å². The molecule has 30 heavy (non-hydrogen) atoms. The summed E-state index contributed by atoms with van der Waals surface area (Å²) in [6.07, 6.45) is 2.05. The highest BCUT2D eigenvalue weighted by Crippen LogP contribution is 2.17. The van der Waals surface area contributed by atoms with E-state index >= 15 is 0 Å². The third kappa shape index (κ3) is 7.86. The largest absolute Gasteiger partial charge is 0.325 e. The molecular weight excluding hydrogens is 474 g/mol. The molecule has 2 amide bonds. The SMILES string of the molecule is O=C(CCCCC[C@H](NS(=O)(=O)c1ccc(Br)cc1)C(=O)Nc1ccccc1)NO. The molecular formula is C20H24BrN3O5S. The average Bonchev–Trinajstić information content (AvgIpc) is 2.73. The van der Waals surface area contributed by atoms with Gasteiger partial charge in [-0.15, -0.1) is 0 Å². The van der Waals surface area contributed by atoms with E-state index in [1.807, 2.05) is 6.07 Å². The molecule has 0 saturated carbocycles. The molecule has 0 saturated heterocycles. The molecule has 0 radical (unpaired) electrons. The van der Waals surface area contributed by atoms with E-state index in [-0.39, 0.29) is 17.7 Å². The van der Waals surface area contributed by atoms with Gasteiger partial charge in [0.25, 0.3) is 0 Å². The second kappa shape index (κ2) is 11.8. The first-order valence-corrected chi connectivity index (χ1v) is 11.7. The molecule has 0 heterocycles. The summed E-state index contributed by atoms with van der Waals surface area (Å²) in [5.41, 5.74) is 2.13. The van der Waals surface area contributed by atoms with E-state index in [0.717, 1.165) is 4.47 Å². The monoisotopic (exact) mass is 497 g/mol. The maximum Gasteiger partial charge on any atom is 0.243 e. The van der Waals surface area contributed by atoms with Crippen molar-refractivity contribution in [1.82, 2.24) is 10.2 Å². The zero-order chi connectivity index (χ0) is 22.0. The second-order valence-corrected chi connectivity index (χ2v) is 9.25. The lowest BCUT2D eigenvalue weighted by molar-refractivity contribution is -0.129. The van der Waals surface area contributed by atoms with Crippen molar-refractivity contribution >= 4 is 43.5 Å². The zero-order valence-electron chi connectivity index (χ0n) is 16.2. The quantitative estimate of drug-likeness (QED) is 0.215. The van der Waals surface area contributed by atoms with E-state index in [1.165, 1.54) is 12.1 Å². The van der Waals surface area contributed by atoms with Crippen molar-refractivity contribution < 1.29 is 23.2 Å². The third-order valence-corrected chi connectivity index (χ3v) is 6.32. The molecule has 0 fully saturated rings. The van der Waals surface area contributed by atoms with E-state index in [9.17, 15) is 18.0 Å². The minimum absolute atomic E-state index is 0.0582. The number of carbonyl (C=O) groups is 2. The Morgan fingerprint density at radius 1 is 0.967 bits per heavy atom. The summed E-state index contributed by atoms with van der Waals surface area (Å²) in [4.78, 5) is 23.9. The number of benzene rings is 2. The molecule has 10 heteroatoms. The normalized spacial score (nSPS) is 12.2. The molecule has 4 N–H and O–H groups in total. The van der Waals surface area contributed by atoms with Crippen molar-refractivity contribution in [2.45, 2.75) is 43.0 Å². The Bertz CT molecular complexity index is 937. The van der Waals surface area contributed by atoms with Crippen LogP contribution >= 0.6 is 15.9 Å². The van der Waals surface area contributed by atoms with Crippen LogP contribution in [0.15, 0.2) is 64.0 Å². The predicted octanol–water partition coefficient (Wildman–Crippen LogP) is 3.19. The Morgan fingerprint density at radius 3 is 2.27 bits per heavy atom. The highest BCUT2D eigenvalue weighted by atomic mass is 79.9. The molecule has 0 spiro atoms. The maximum atomic E-state index is 12.8. The van der Waals surface area contributed by atoms with Crippen molar-refractivity contribution in [3.63, 3.8) is 0 Å². The smallest absolute Gasteiger partial charge is 0.243 e. The lowest BCUT2D eigenvalue weighted by Gasteiger charge is -2.19. The van der Waals surface area contributed by atoms with Gasteiger partial charge in [0.15, 0.2) is 0 Å². The first-order chi connectivity index (χ1) is 14.3. The van der Waals surface area contributed by atoms with Gasteiger partial charge in [0.05, 0.1) is 4.90 Å². The number of sulfonamides is 1. The lowest BCUT2D eigenvalue weighted by atomic mass is 10.1. The number of halogens is 1. The van der Waals surface area contributed by atoms with Gasteiger partial charge in [0.1, 0.15) is 6.04 Å². The molecule has 2 aromatic rings. The van der Waals surface area contributed by atoms with E-state index in [2.05, 4.69) is 26.0 Å². The van der Waals surface area contributed by atoms with Crippen LogP contribution in [0.1, 0.15) is 32.1 Å². The number of rotatable bonds is 11. The van der Waals surface area contributed by atoms with Gasteiger partial charge in [-0.05, 0) is 49.2 Å². The van der Waals surface area contributed by atoms with E-state index < -0.39 is 27.9 Å². The number of unbranched alkanes of at least 4 members (excludes halogenated alkanes) is 2. The second-order valence-electron chi connectivity index (χ2n) is 6.62. The fraction of sp³-hybridized carbons (Fsp3) is 0.300. The molecule has 2 aromatic carbocycles. The van der Waals surface area contributed by atoms with Crippen LogP contribution < -0.4 is 15.5 Å². The van der Waals surface area contributed by atoms with Crippen LogP contribution in [0.3, 0.4) is 0 Å². The summed E-state index contributed by atoms with van der Waals surface area (Å²) >= 11 is 3.26. The molecule has 0 aliphatic carbocycles. The molecule has 2 rings (SSSR count). The molecule has 0 bridgehead atoms. The fourth-order valence-corrected chi connectivity index (χ4v) is 4.22. The van der Waals surface area contributed by atoms with Gasteiger partial charge < -0.3 is 5.32 Å². The molecule has 162 valence electrons. The average molecular weight is 498 g/mol. The number of anilines is 1. The van der Waals surface area contributed by atoms with Crippen LogP contribution in [0.4, 0.5) is 5.69 Å². The van der Waals surface area contributed by atoms with Crippen LogP contribution in [-0.2, 0) is 19.6 Å². The minimum atomic E-state index is -3.90. The summed E-state index contributed by atoms with van der Waals surface area (Å²) in [6.45, 7) is 0. The number of hydrogen-bond donors (Lipinski definition) is 4. The van der Waals surface area contributed by atoms with Crippen molar-refractivity contribution in [3.05, 3.63) is 59.1 Å². The summed E-state index contributed by atoms with van der Waals surface area (Å²) in [5.74, 6) is -0.945. The van der Waals surface area contributed by atoms with Crippen LogP contribution in [0.2, 0.25) is 0 Å². The number of para-hydroxylation sites is 1. The van der Waals surface area contributed by atoms with E-state index in [1.54, 1.807) is 41.9 Å². The Kier molecular flexibility index (Phi) is 9.44. The van der Waals surface area contributed by atoms with Gasteiger partial charge in [-0.1, -0.05) is 47.0 Å². The molecule has 0 aliphatic heterocycles. The third-order valence-electron chi connectivity index (χ3n) is 4.30. The van der Waals surface area contributed by atoms with Crippen molar-refractivity contribution in [2.75, 3.05) is 5.32 Å². The van der Waals surface area contributed by atoms with Gasteiger partial charge in [0, 0.05) is 16.6 Å². The molecule has 0 unspecified atom stereocenters. The van der Waals surface area contributed by atoms with Crippen molar-refractivity contribution in [1.29, 1.82) is 0 Å². The van der Waals surface area contributed by atoms with Gasteiger partial charge in [-0.25, -0.2) is 13.9 Å². The summed E-state index contributed by atoms with van der Waals surface area (Å²) in [6, 6.07) is 13.9. The van der Waals surface area contributed by atoms with Crippen molar-refractivity contribution in [2.24, 2.45) is 0 Å². The topological polar surface area (TPSA) is 125 Å². The van der Waals surface area contributed by atoms with Crippen LogP contribution in [-0.4, -0.2) is 31.5 Å². The molecule has 8 nitrogen and oxygen atoms in total. The van der Waals surface area contributed by atoms with E-state index in [0.29, 0.717) is 24.9 Å². The lowest BCUT2D eigenvalue weighted by Crippen LogP contribution is -2.43. The van der Waals surface area contributed by atoms with Gasteiger partial charge in [0.2, 0.25) is 21.8 Å². The minimum Gasteiger partial charge on any atom is -0.325 e. The van der Waals surface area contributed by atoms with Gasteiger partial charge in [-0.3, -0.25) is 14.8 Å². The highest BCUT2D eigenvalue weighted by Gasteiger charge is 2.25. The number of hydroxylamine groups is 1. The van der Waals surface area contributed by atoms with Crippen LogP contribution in [0.25, 0.3) is 0 Å². The number of carbonyl (C=O) groups excluding carboxylic acids is 2. The Hall–Kier alpha value is -2.27. The van der Waals surface area contributed by atoms with Crippen molar-refractivity contribution in [3.8, 4) is 0 Å². The first-order valence-electron chi connectivity index (χ1n) is 9.38. The standard InChI is InChI=1S/C20H24BrN3O5S/c21-15-11-13-17(14-12-15)30(28,29)24-18(9-5-2-6-10-19(25)23-27)20(26)22-16-7-3-1-4-8-16/h1,3-4,7-8,11-14,18,24,27H,2,5-6,9-10H2,(H,22,26)(H,23,25)/t18-/m0/s1. The first kappa shape index (κ1) is 24.0. The van der Waals surface area contributed by atoms with Gasteiger partial charge >= 0.3 is 0 Å². The number of amides is 2. The van der Waals surface area contributed by atoms with Crippen LogP contribution in [0, 0.1) is 0 Å². The van der Waals surface area contributed by atoms with Crippen LogP contribution in [0.5, 0.6) is 0 Å². The fourth-order valence-electron chi connectivity index (χ4n) is 2.73. The van der Waals surface area contributed by atoms with E-state index in [4.69, 9.17) is 5.21 Å². The number of hydrogen-bond acceptors (Lipinski definition) is 5. The summed E-state index contributed by atoms with van der Waals surface area (Å²) < 4.78 is 28.7. The predicted molar refractivity (Wildman–Crippen MR) is 116 cm³/mol. The molecule has 0 aliphatic rings. The summed E-state index contributed by atoms with van der Waals surface area (Å²) in [5, 5.41) is 11.2. The molecule has 1 atom stereocenters. The zero-order valence-corrected chi connectivity index (χ0v) is 18.6. The Morgan fingerprint density at radius 2 is 1.63 bits per heavy atom. The summed E-state index contributed by atoms with van der Waals surface area (Å²) in [7, 11) is -3.90. The Balaban J connectivity index is 2.06. The van der Waals surface area contributed by atoms with Gasteiger partial charge in [-0.2, -0.15) is 4.72 Å². The molecule has 0 aromatic heterocycles. The number of nitrogens with one attached hydrogen (secondary N) is 3. The highest BCUT2D eigenvalue weighted by molar-refractivity contribution is 9.10. The maximum absolute atomic E-state index is 12.8.